The summed E-state index contributed by atoms with van der Waals surface area (Å²) in [6, 6.07) is 20.9. The smallest absolute Gasteiger partial charge is 0.187 e. The lowest BCUT2D eigenvalue weighted by molar-refractivity contribution is 0.0665. The number of carbonyl (C=O) groups is 3. The first-order valence-corrected chi connectivity index (χ1v) is 14.2. The highest BCUT2D eigenvalue weighted by molar-refractivity contribution is 6.35. The van der Waals surface area contributed by atoms with E-state index in [9.17, 15) is 18.8 Å². The molecule has 0 radical (unpaired) electrons. The van der Waals surface area contributed by atoms with Gasteiger partial charge in [-0.3, -0.25) is 14.4 Å². The Hall–Kier alpha value is -4.75. The van der Waals surface area contributed by atoms with Crippen molar-refractivity contribution in [1.29, 1.82) is 0 Å². The van der Waals surface area contributed by atoms with Crippen LogP contribution in [0.3, 0.4) is 0 Å². The number of benzene rings is 4. The van der Waals surface area contributed by atoms with Crippen LogP contribution < -0.4 is 14.4 Å². The largest absolute Gasteiger partial charge is 0.497 e. The molecule has 1 aliphatic carbocycles. The van der Waals surface area contributed by atoms with Crippen LogP contribution in [0.15, 0.2) is 91.0 Å². The molecule has 214 valence electrons. The van der Waals surface area contributed by atoms with Gasteiger partial charge in [0.1, 0.15) is 28.8 Å². The van der Waals surface area contributed by atoms with Crippen LogP contribution >= 0.6 is 11.6 Å². The van der Waals surface area contributed by atoms with Gasteiger partial charge in [-0.2, -0.15) is 0 Å². The molecule has 1 saturated heterocycles. The van der Waals surface area contributed by atoms with Crippen LogP contribution in [0.25, 0.3) is 6.08 Å². The summed E-state index contributed by atoms with van der Waals surface area (Å²) < 4.78 is 25.7. The van der Waals surface area contributed by atoms with Gasteiger partial charge in [0, 0.05) is 45.5 Å². The fraction of sp³-hybridized carbons (Fsp3) is 0.171. The zero-order valence-electron chi connectivity index (χ0n) is 23.2. The van der Waals surface area contributed by atoms with E-state index in [-0.39, 0.29) is 27.9 Å². The normalized spacial score (nSPS) is 21.0. The predicted octanol–water partition coefficient (Wildman–Crippen LogP) is 6.81. The maximum Gasteiger partial charge on any atom is 0.187 e. The highest BCUT2D eigenvalue weighted by Crippen LogP contribution is 2.62. The predicted molar refractivity (Wildman–Crippen MR) is 161 cm³/mol. The molecule has 0 bridgehead atoms. The first kappa shape index (κ1) is 27.1. The summed E-state index contributed by atoms with van der Waals surface area (Å²) in [6.45, 7) is 0. The number of halogens is 2. The van der Waals surface area contributed by atoms with Gasteiger partial charge in [-0.25, -0.2) is 4.39 Å². The highest BCUT2D eigenvalue weighted by Gasteiger charge is 2.72. The van der Waals surface area contributed by atoms with E-state index in [1.165, 1.54) is 26.4 Å². The van der Waals surface area contributed by atoms with E-state index in [4.69, 9.17) is 21.1 Å². The number of Topliss-reactive ketones (excluding diaryl/α,β-unsaturated/α-hetero) is 3. The Kier molecular flexibility index (Phi) is 6.25. The third-order valence-electron chi connectivity index (χ3n) is 8.95. The first-order valence-electron chi connectivity index (χ1n) is 13.8. The van der Waals surface area contributed by atoms with Gasteiger partial charge in [-0.05, 0) is 36.4 Å². The number of methoxy groups -OCH3 is 2. The van der Waals surface area contributed by atoms with E-state index in [0.717, 1.165) is 0 Å². The zero-order chi connectivity index (χ0) is 30.0. The average Bonchev–Trinajstić information content (AvgIpc) is 3.46. The molecular formula is C35H25ClFNO5. The fourth-order valence-electron chi connectivity index (χ4n) is 7.19. The lowest BCUT2D eigenvalue weighted by Crippen LogP contribution is -2.48. The Balaban J connectivity index is 1.58. The third-order valence-corrected chi connectivity index (χ3v) is 9.28. The van der Waals surface area contributed by atoms with Crippen molar-refractivity contribution in [3.63, 3.8) is 0 Å². The Bertz CT molecular complexity index is 1850. The molecule has 0 amide bonds. The van der Waals surface area contributed by atoms with Gasteiger partial charge < -0.3 is 14.4 Å². The second-order valence-corrected chi connectivity index (χ2v) is 11.3. The van der Waals surface area contributed by atoms with Gasteiger partial charge >= 0.3 is 0 Å². The van der Waals surface area contributed by atoms with Crippen molar-refractivity contribution < 1.29 is 28.2 Å². The molecule has 1 spiro atoms. The number of nitrogens with zero attached hydrogens (tertiary/aromatic N) is 1. The van der Waals surface area contributed by atoms with Gasteiger partial charge in [0.25, 0.3) is 0 Å². The number of ether oxygens (including phenoxy) is 2. The van der Waals surface area contributed by atoms with Crippen LogP contribution in [0.1, 0.15) is 48.1 Å². The molecule has 3 atom stereocenters. The van der Waals surface area contributed by atoms with Gasteiger partial charge in [0.15, 0.2) is 17.3 Å². The van der Waals surface area contributed by atoms with Crippen molar-refractivity contribution in [3.8, 4) is 11.5 Å². The standard InChI is InChI=1S/C35H25ClFNO5/c1-42-21-13-14-25(28(18-21)43-2)30-31(32(39)24-9-5-6-10-26(24)36)38-27-15-12-20(37)17-19(27)11-16-29(38)35(30)33(40)22-7-3-4-8-23(22)34(35)41/h3-18,29-31H,1-2H3/t29-,30+,31+/m0/s1. The minimum atomic E-state index is -1.74. The van der Waals surface area contributed by atoms with Crippen LogP contribution in [0, 0.1) is 11.2 Å². The quantitative estimate of drug-likeness (QED) is 0.187. The Labute approximate surface area is 252 Å². The summed E-state index contributed by atoms with van der Waals surface area (Å²) in [6.07, 6.45) is 3.46. The highest BCUT2D eigenvalue weighted by atomic mass is 35.5. The maximum atomic E-state index is 14.8. The second kappa shape index (κ2) is 9.92. The molecule has 4 aromatic rings. The molecule has 2 aliphatic heterocycles. The molecule has 3 aliphatic rings. The number of carbonyl (C=O) groups excluding carboxylic acids is 3. The zero-order valence-corrected chi connectivity index (χ0v) is 24.0. The molecule has 0 saturated carbocycles. The minimum absolute atomic E-state index is 0.240. The van der Waals surface area contributed by atoms with E-state index < -0.39 is 29.2 Å². The number of anilines is 1. The van der Waals surface area contributed by atoms with Gasteiger partial charge in [-0.1, -0.05) is 66.2 Å². The number of hydrogen-bond acceptors (Lipinski definition) is 6. The number of hydrogen-bond donors (Lipinski definition) is 0. The summed E-state index contributed by atoms with van der Waals surface area (Å²) >= 11 is 6.59. The van der Waals surface area contributed by atoms with Crippen LogP contribution in [0.4, 0.5) is 10.1 Å². The Morgan fingerprint density at radius 2 is 1.58 bits per heavy atom. The molecule has 43 heavy (non-hydrogen) atoms. The summed E-state index contributed by atoms with van der Waals surface area (Å²) in [4.78, 5) is 46.2. The molecule has 2 heterocycles. The molecule has 7 rings (SSSR count). The second-order valence-electron chi connectivity index (χ2n) is 10.9. The summed E-state index contributed by atoms with van der Waals surface area (Å²) in [5, 5.41) is 0.240. The van der Waals surface area contributed by atoms with Crippen molar-refractivity contribution in [2.75, 3.05) is 19.1 Å². The number of ketones is 3. The Morgan fingerprint density at radius 1 is 0.884 bits per heavy atom. The minimum Gasteiger partial charge on any atom is -0.497 e. The maximum absolute atomic E-state index is 14.8. The molecule has 6 nitrogen and oxygen atoms in total. The molecular weight excluding hydrogens is 569 g/mol. The van der Waals surface area contributed by atoms with Crippen molar-refractivity contribution in [3.05, 3.63) is 130 Å². The lowest BCUT2D eigenvalue weighted by atomic mass is 9.64. The van der Waals surface area contributed by atoms with Crippen molar-refractivity contribution in [2.24, 2.45) is 5.41 Å². The summed E-state index contributed by atoms with van der Waals surface area (Å²) in [5.74, 6) is -1.73. The summed E-state index contributed by atoms with van der Waals surface area (Å²) in [7, 11) is 3.01. The van der Waals surface area contributed by atoms with Crippen LogP contribution in [0.2, 0.25) is 5.02 Å². The van der Waals surface area contributed by atoms with Gasteiger partial charge in [0.05, 0.1) is 25.3 Å². The van der Waals surface area contributed by atoms with E-state index >= 15 is 0 Å². The van der Waals surface area contributed by atoms with Crippen molar-refractivity contribution in [1.82, 2.24) is 0 Å². The molecule has 8 heteroatoms. The molecule has 1 fully saturated rings. The average molecular weight is 594 g/mol. The molecule has 0 unspecified atom stereocenters. The van der Waals surface area contributed by atoms with Crippen molar-refractivity contribution >= 4 is 40.7 Å². The van der Waals surface area contributed by atoms with Crippen LogP contribution in [-0.2, 0) is 0 Å². The Morgan fingerprint density at radius 3 is 2.26 bits per heavy atom. The van der Waals surface area contributed by atoms with Crippen LogP contribution in [-0.4, -0.2) is 43.7 Å². The summed E-state index contributed by atoms with van der Waals surface area (Å²) in [5.41, 5.74) is 0.663. The van der Waals surface area contributed by atoms with E-state index in [1.807, 2.05) is 0 Å². The SMILES string of the molecule is COc1ccc([C@@H]2[C@H](C(=O)c3ccccc3Cl)N3c4ccc(F)cc4C=C[C@H]3C23C(=O)c2ccccc2C3=O)c(OC)c1. The van der Waals surface area contributed by atoms with E-state index in [1.54, 1.807) is 89.8 Å². The fourth-order valence-corrected chi connectivity index (χ4v) is 7.42. The molecule has 4 aromatic carbocycles. The van der Waals surface area contributed by atoms with Gasteiger partial charge in [-0.15, -0.1) is 0 Å². The number of rotatable bonds is 5. The molecule has 0 N–H and O–H groups in total. The van der Waals surface area contributed by atoms with Gasteiger partial charge in [0.2, 0.25) is 0 Å². The van der Waals surface area contributed by atoms with E-state index in [0.29, 0.717) is 39.4 Å². The van der Waals surface area contributed by atoms with Crippen molar-refractivity contribution in [2.45, 2.75) is 18.0 Å². The molecule has 0 aromatic heterocycles. The topological polar surface area (TPSA) is 72.9 Å². The monoisotopic (exact) mass is 593 g/mol. The lowest BCUT2D eigenvalue weighted by Gasteiger charge is -2.37. The first-order chi connectivity index (χ1) is 20.8. The number of fused-ring (bicyclic) bond motifs is 5. The van der Waals surface area contributed by atoms with E-state index in [2.05, 4.69) is 0 Å². The van der Waals surface area contributed by atoms with Crippen LogP contribution in [0.5, 0.6) is 11.5 Å². The third kappa shape index (κ3) is 3.67.